The van der Waals surface area contributed by atoms with E-state index in [9.17, 15) is 43.2 Å². The summed E-state index contributed by atoms with van der Waals surface area (Å²) in [5.74, 6) is 0.181. The van der Waals surface area contributed by atoms with E-state index in [1.54, 1.807) is 0 Å². The molecule has 0 aliphatic heterocycles. The Morgan fingerprint density at radius 2 is 0.548 bits per heavy atom. The number of hydrogen-bond acceptors (Lipinski definition) is 15. The van der Waals surface area contributed by atoms with Gasteiger partial charge in [-0.1, -0.05) is 325 Å². The number of esters is 4. The molecule has 93 heavy (non-hydrogen) atoms. The third kappa shape index (κ3) is 67.0. The highest BCUT2D eigenvalue weighted by Crippen LogP contribution is 2.45. The highest BCUT2D eigenvalue weighted by Gasteiger charge is 2.30. The van der Waals surface area contributed by atoms with Crippen LogP contribution in [-0.4, -0.2) is 96.7 Å². The first kappa shape index (κ1) is 91.1. The van der Waals surface area contributed by atoms with Crippen molar-refractivity contribution >= 4 is 39.5 Å². The van der Waals surface area contributed by atoms with Crippen molar-refractivity contribution in [3.8, 4) is 0 Å². The van der Waals surface area contributed by atoms with Crippen molar-refractivity contribution in [2.45, 2.75) is 394 Å². The maximum Gasteiger partial charge on any atom is 0.472 e. The first-order valence-corrected chi connectivity index (χ1v) is 41.4. The van der Waals surface area contributed by atoms with Crippen LogP contribution in [-0.2, 0) is 65.4 Å². The SMILES string of the molecule is CCCCCCCCCCCCCCCC(=O)OC[C@H](COP(=O)(O)OC[C@@H](O)COP(=O)(O)OC[C@@H](COC(=O)CCCCCCCCCCC(C)CC)OC(=O)CCCCCCCCCCCC(C)C)OC(=O)CCCCCCCCCCCCCCCC(C)C. The number of aliphatic hydroxyl groups excluding tert-OH is 1. The average Bonchev–Trinajstić information content (AvgIpc) is 1.74. The van der Waals surface area contributed by atoms with Crippen molar-refractivity contribution in [3.63, 3.8) is 0 Å². The number of rotatable bonds is 72. The Morgan fingerprint density at radius 3 is 0.817 bits per heavy atom. The molecule has 19 heteroatoms. The molecule has 0 rings (SSSR count). The smallest absolute Gasteiger partial charge is 0.462 e. The van der Waals surface area contributed by atoms with Gasteiger partial charge in [0.05, 0.1) is 26.4 Å². The Kier molecular flexibility index (Phi) is 63.4. The molecule has 3 unspecified atom stereocenters. The van der Waals surface area contributed by atoms with E-state index in [1.807, 2.05) is 0 Å². The van der Waals surface area contributed by atoms with Gasteiger partial charge in [-0.2, -0.15) is 0 Å². The van der Waals surface area contributed by atoms with Gasteiger partial charge in [-0.3, -0.25) is 37.3 Å². The normalized spacial score (nSPS) is 14.4. The molecule has 0 aromatic heterocycles. The van der Waals surface area contributed by atoms with Crippen LogP contribution in [0.4, 0.5) is 0 Å². The largest absolute Gasteiger partial charge is 0.472 e. The van der Waals surface area contributed by atoms with E-state index in [0.29, 0.717) is 25.7 Å². The predicted octanol–water partition coefficient (Wildman–Crippen LogP) is 21.4. The summed E-state index contributed by atoms with van der Waals surface area (Å²) in [7, 11) is -9.91. The molecule has 0 fully saturated rings. The fourth-order valence-electron chi connectivity index (χ4n) is 11.2. The van der Waals surface area contributed by atoms with Crippen molar-refractivity contribution in [2.75, 3.05) is 39.6 Å². The second-order valence-electron chi connectivity index (χ2n) is 27.9. The van der Waals surface area contributed by atoms with E-state index < -0.39 is 97.5 Å². The molecule has 0 aromatic carbocycles. The summed E-state index contributed by atoms with van der Waals surface area (Å²) in [5.41, 5.74) is 0. The van der Waals surface area contributed by atoms with Crippen molar-refractivity contribution in [2.24, 2.45) is 17.8 Å². The number of unbranched alkanes of at least 4 members (excludes halogenated alkanes) is 39. The number of carbonyl (C=O) groups is 4. The lowest BCUT2D eigenvalue weighted by Crippen LogP contribution is -2.30. The van der Waals surface area contributed by atoms with Gasteiger partial charge < -0.3 is 33.8 Å². The summed E-state index contributed by atoms with van der Waals surface area (Å²) in [6, 6.07) is 0. The van der Waals surface area contributed by atoms with E-state index in [4.69, 9.17) is 37.0 Å². The lowest BCUT2D eigenvalue weighted by Gasteiger charge is -2.21. The summed E-state index contributed by atoms with van der Waals surface area (Å²) in [6.45, 7) is 11.9. The Balaban J connectivity index is 5.27. The van der Waals surface area contributed by atoms with Crippen molar-refractivity contribution in [1.29, 1.82) is 0 Å². The van der Waals surface area contributed by atoms with Crippen LogP contribution in [0.5, 0.6) is 0 Å². The molecule has 0 saturated carbocycles. The number of aliphatic hydroxyl groups is 1. The lowest BCUT2D eigenvalue weighted by atomic mass is 9.99. The number of phosphoric ester groups is 2. The van der Waals surface area contributed by atoms with Gasteiger partial charge in [0, 0.05) is 25.7 Å². The van der Waals surface area contributed by atoms with Gasteiger partial charge >= 0.3 is 39.5 Å². The molecule has 552 valence electrons. The molecule has 6 atom stereocenters. The molecule has 0 aromatic rings. The predicted molar refractivity (Wildman–Crippen MR) is 377 cm³/mol. The van der Waals surface area contributed by atoms with Crippen LogP contribution in [0.1, 0.15) is 376 Å². The standard InChI is InChI=1S/C74H144O17P2/c1-8-10-11-12-13-14-15-17-21-26-34-41-48-55-71(76)84-61-69(90-73(78)57-50-43-36-27-22-19-16-18-20-24-31-38-45-52-65(3)4)63-88-92(80,81)86-59-68(75)60-87-93(82,83)89-64-70(91-74(79)58-51-44-37-28-23-25-32-39-46-53-66(5)6)62-85-72(77)56-49-42-35-30-29-33-40-47-54-67(7)9-2/h65-70,75H,8-64H2,1-7H3,(H,80,81)(H,82,83)/t67?,68-,69-,70-/m1/s1. The fraction of sp³-hybridized carbons (Fsp3) is 0.946. The molecular formula is C74H144O17P2. The van der Waals surface area contributed by atoms with Gasteiger partial charge in [0.1, 0.15) is 19.3 Å². The van der Waals surface area contributed by atoms with Crippen LogP contribution >= 0.6 is 15.6 Å². The zero-order chi connectivity index (χ0) is 68.7. The molecule has 0 amide bonds. The Bertz CT molecular complexity index is 1820. The average molecular weight is 1370 g/mol. The maximum absolute atomic E-state index is 13.1. The first-order valence-electron chi connectivity index (χ1n) is 38.4. The minimum Gasteiger partial charge on any atom is -0.462 e. The Morgan fingerprint density at radius 1 is 0.312 bits per heavy atom. The van der Waals surface area contributed by atoms with E-state index in [2.05, 4.69) is 48.5 Å². The van der Waals surface area contributed by atoms with Gasteiger partial charge in [0.25, 0.3) is 0 Å². The fourth-order valence-corrected chi connectivity index (χ4v) is 12.8. The second kappa shape index (κ2) is 64.7. The topological polar surface area (TPSA) is 237 Å². The highest BCUT2D eigenvalue weighted by atomic mass is 31.2. The van der Waals surface area contributed by atoms with Crippen molar-refractivity contribution in [1.82, 2.24) is 0 Å². The molecule has 0 bridgehead atoms. The van der Waals surface area contributed by atoms with E-state index in [0.717, 1.165) is 108 Å². The van der Waals surface area contributed by atoms with E-state index in [-0.39, 0.29) is 25.7 Å². The van der Waals surface area contributed by atoms with E-state index in [1.165, 1.54) is 186 Å². The van der Waals surface area contributed by atoms with Crippen LogP contribution < -0.4 is 0 Å². The number of phosphoric acid groups is 2. The minimum absolute atomic E-state index is 0.105. The lowest BCUT2D eigenvalue weighted by molar-refractivity contribution is -0.161. The molecule has 0 spiro atoms. The van der Waals surface area contributed by atoms with Crippen LogP contribution in [0.2, 0.25) is 0 Å². The van der Waals surface area contributed by atoms with Crippen LogP contribution in [0, 0.1) is 17.8 Å². The monoisotopic (exact) mass is 1370 g/mol. The Labute approximate surface area is 568 Å². The van der Waals surface area contributed by atoms with Crippen LogP contribution in [0.3, 0.4) is 0 Å². The molecule has 0 radical (unpaired) electrons. The minimum atomic E-state index is -4.96. The van der Waals surface area contributed by atoms with Crippen LogP contribution in [0.15, 0.2) is 0 Å². The van der Waals surface area contributed by atoms with Gasteiger partial charge in [0.2, 0.25) is 0 Å². The van der Waals surface area contributed by atoms with Gasteiger partial charge in [0.15, 0.2) is 12.2 Å². The number of ether oxygens (including phenoxy) is 4. The van der Waals surface area contributed by atoms with E-state index >= 15 is 0 Å². The summed E-state index contributed by atoms with van der Waals surface area (Å²) in [4.78, 5) is 72.8. The zero-order valence-corrected chi connectivity index (χ0v) is 62.5. The van der Waals surface area contributed by atoms with Gasteiger partial charge in [-0.05, 0) is 43.4 Å². The Hall–Kier alpha value is -1.94. The summed E-state index contributed by atoms with van der Waals surface area (Å²) < 4.78 is 68.5. The number of hydrogen-bond donors (Lipinski definition) is 3. The van der Waals surface area contributed by atoms with Gasteiger partial charge in [-0.15, -0.1) is 0 Å². The third-order valence-electron chi connectivity index (χ3n) is 17.5. The molecule has 3 N–H and O–H groups in total. The van der Waals surface area contributed by atoms with Crippen LogP contribution in [0.25, 0.3) is 0 Å². The maximum atomic E-state index is 13.1. The molecule has 0 aliphatic rings. The quantitative estimate of drug-likeness (QED) is 0.0222. The molecule has 0 aliphatic carbocycles. The molecule has 17 nitrogen and oxygen atoms in total. The van der Waals surface area contributed by atoms with Crippen molar-refractivity contribution in [3.05, 3.63) is 0 Å². The second-order valence-corrected chi connectivity index (χ2v) is 30.8. The third-order valence-corrected chi connectivity index (χ3v) is 19.4. The summed E-state index contributed by atoms with van der Waals surface area (Å²) in [6.07, 6.45) is 49.8. The highest BCUT2D eigenvalue weighted by molar-refractivity contribution is 7.47. The molecule has 0 heterocycles. The number of carbonyl (C=O) groups excluding carboxylic acids is 4. The zero-order valence-electron chi connectivity index (χ0n) is 60.7. The summed E-state index contributed by atoms with van der Waals surface area (Å²) >= 11 is 0. The molecule has 0 saturated heterocycles. The van der Waals surface area contributed by atoms with Gasteiger partial charge in [-0.25, -0.2) is 9.13 Å². The summed E-state index contributed by atoms with van der Waals surface area (Å²) in [5, 5.41) is 10.6. The first-order chi connectivity index (χ1) is 44.8. The molecular weight excluding hydrogens is 1220 g/mol. The van der Waals surface area contributed by atoms with Crippen molar-refractivity contribution < 1.29 is 80.2 Å².